The Hall–Kier alpha value is -1.40. The zero-order chi connectivity index (χ0) is 15.0. The second kappa shape index (κ2) is 5.77. The number of nitrogens with two attached hydrogens (primary N) is 1. The summed E-state index contributed by atoms with van der Waals surface area (Å²) in [4.78, 5) is 1.06. The van der Waals surface area contributed by atoms with Gasteiger partial charge in [0.2, 0.25) is 0 Å². The van der Waals surface area contributed by atoms with E-state index in [2.05, 4.69) is 28.0 Å². The van der Waals surface area contributed by atoms with Crippen molar-refractivity contribution >= 4 is 33.8 Å². The number of fused-ring (bicyclic) bond motifs is 1. The van der Waals surface area contributed by atoms with Crippen LogP contribution in [0, 0.1) is 6.92 Å². The van der Waals surface area contributed by atoms with Gasteiger partial charge in [0.05, 0.1) is 22.3 Å². The highest BCUT2D eigenvalue weighted by atomic mass is 35.5. The molecule has 110 valence electrons. The van der Waals surface area contributed by atoms with Crippen LogP contribution in [0.15, 0.2) is 29.6 Å². The molecule has 0 saturated heterocycles. The molecule has 0 amide bonds. The molecule has 0 saturated carbocycles. The fourth-order valence-corrected chi connectivity index (χ4v) is 3.93. The largest absolute Gasteiger partial charge is 0.271 e. The topological polar surface area (TPSA) is 55.9 Å². The molecule has 2 heterocycles. The van der Waals surface area contributed by atoms with Gasteiger partial charge >= 0.3 is 0 Å². The van der Waals surface area contributed by atoms with E-state index in [9.17, 15) is 0 Å². The molecule has 3 aromatic rings. The molecule has 3 rings (SSSR count). The molecular weight excluding hydrogens is 304 g/mol. The first-order valence-corrected chi connectivity index (χ1v) is 7.97. The summed E-state index contributed by atoms with van der Waals surface area (Å²) in [7, 11) is 1.96. The van der Waals surface area contributed by atoms with Gasteiger partial charge in [-0.3, -0.25) is 16.0 Å². The van der Waals surface area contributed by atoms with Gasteiger partial charge in [0.15, 0.2) is 0 Å². The third-order valence-electron chi connectivity index (χ3n) is 3.67. The van der Waals surface area contributed by atoms with E-state index in [1.165, 1.54) is 0 Å². The lowest BCUT2D eigenvalue weighted by atomic mass is 10.1. The molecule has 0 aliphatic carbocycles. The number of halogens is 1. The van der Waals surface area contributed by atoms with Crippen molar-refractivity contribution in [3.05, 3.63) is 50.8 Å². The van der Waals surface area contributed by atoms with E-state index in [1.54, 1.807) is 11.3 Å². The number of rotatable bonds is 4. The minimum absolute atomic E-state index is 0.0329. The lowest BCUT2D eigenvalue weighted by molar-refractivity contribution is 0.551. The number of benzene rings is 1. The van der Waals surface area contributed by atoms with Crippen molar-refractivity contribution in [3.63, 3.8) is 0 Å². The van der Waals surface area contributed by atoms with E-state index in [0.717, 1.165) is 32.1 Å². The van der Waals surface area contributed by atoms with Crippen molar-refractivity contribution in [1.82, 2.24) is 15.2 Å². The summed E-state index contributed by atoms with van der Waals surface area (Å²) in [6.45, 7) is 2.01. The number of hydrogen-bond acceptors (Lipinski definition) is 4. The van der Waals surface area contributed by atoms with Gasteiger partial charge in [0.1, 0.15) is 0 Å². The molecule has 0 spiro atoms. The van der Waals surface area contributed by atoms with E-state index in [0.29, 0.717) is 6.42 Å². The van der Waals surface area contributed by atoms with Crippen molar-refractivity contribution < 1.29 is 0 Å². The fourth-order valence-electron chi connectivity index (χ4n) is 2.54. The van der Waals surface area contributed by atoms with Crippen LogP contribution in [-0.4, -0.2) is 9.78 Å². The van der Waals surface area contributed by atoms with Crippen molar-refractivity contribution in [1.29, 1.82) is 0 Å². The summed E-state index contributed by atoms with van der Waals surface area (Å²) in [5.74, 6) is 5.75. The first kappa shape index (κ1) is 14.5. The Kier molecular flexibility index (Phi) is 3.99. The van der Waals surface area contributed by atoms with E-state index in [4.69, 9.17) is 17.4 Å². The standard InChI is InChI=1S/C15H17ClN4S/c1-9-8-21-15(14(9)16)12(18-17)7-11-10-5-3-4-6-13(10)20(2)19-11/h3-6,8,12,18H,7,17H2,1-2H3. The van der Waals surface area contributed by atoms with Crippen molar-refractivity contribution in [2.45, 2.75) is 19.4 Å². The average Bonchev–Trinajstić information content (AvgIpc) is 2.99. The third kappa shape index (κ3) is 2.58. The summed E-state index contributed by atoms with van der Waals surface area (Å²) in [5, 5.41) is 8.63. The third-order valence-corrected chi connectivity index (χ3v) is 5.50. The zero-order valence-corrected chi connectivity index (χ0v) is 13.5. The SMILES string of the molecule is Cc1csc(C(Cc2nn(C)c3ccccc23)NN)c1Cl. The normalized spacial score (nSPS) is 13.0. The first-order valence-electron chi connectivity index (χ1n) is 6.72. The number of aromatic nitrogens is 2. The van der Waals surface area contributed by atoms with Crippen LogP contribution in [0.25, 0.3) is 10.9 Å². The van der Waals surface area contributed by atoms with Crippen LogP contribution < -0.4 is 11.3 Å². The van der Waals surface area contributed by atoms with Gasteiger partial charge in [-0.2, -0.15) is 5.10 Å². The number of aryl methyl sites for hydroxylation is 2. The molecule has 4 nitrogen and oxygen atoms in total. The highest BCUT2D eigenvalue weighted by molar-refractivity contribution is 7.10. The summed E-state index contributed by atoms with van der Waals surface area (Å²) in [6.07, 6.45) is 0.706. The highest BCUT2D eigenvalue weighted by Gasteiger charge is 2.20. The second-order valence-corrected chi connectivity index (χ2v) is 6.40. The van der Waals surface area contributed by atoms with Crippen LogP contribution in [0.4, 0.5) is 0 Å². The average molecular weight is 321 g/mol. The summed E-state index contributed by atoms with van der Waals surface area (Å²) >= 11 is 7.99. The van der Waals surface area contributed by atoms with Gasteiger partial charge in [0, 0.05) is 23.7 Å². The van der Waals surface area contributed by atoms with Crippen molar-refractivity contribution in [2.24, 2.45) is 12.9 Å². The Labute approximate surface area is 132 Å². The Morgan fingerprint density at radius 3 is 2.86 bits per heavy atom. The number of thiophene rings is 1. The van der Waals surface area contributed by atoms with Crippen LogP contribution in [0.5, 0.6) is 0 Å². The van der Waals surface area contributed by atoms with Crippen molar-refractivity contribution in [3.8, 4) is 0 Å². The first-order chi connectivity index (χ1) is 10.1. The van der Waals surface area contributed by atoms with Gasteiger partial charge in [-0.25, -0.2) is 0 Å². The summed E-state index contributed by atoms with van der Waals surface area (Å²) in [6, 6.07) is 8.17. The molecule has 0 radical (unpaired) electrons. The molecule has 6 heteroatoms. The lowest BCUT2D eigenvalue weighted by Gasteiger charge is -2.14. The number of nitrogens with one attached hydrogen (secondary N) is 1. The molecule has 1 unspecified atom stereocenters. The van der Waals surface area contributed by atoms with E-state index in [1.807, 2.05) is 30.8 Å². The smallest absolute Gasteiger partial charge is 0.0723 e. The number of hydrazine groups is 1. The molecule has 0 fully saturated rings. The van der Waals surface area contributed by atoms with Crippen LogP contribution in [0.3, 0.4) is 0 Å². The Morgan fingerprint density at radius 1 is 1.43 bits per heavy atom. The van der Waals surface area contributed by atoms with E-state index in [-0.39, 0.29) is 6.04 Å². The molecule has 1 atom stereocenters. The predicted molar refractivity (Wildman–Crippen MR) is 88.5 cm³/mol. The number of nitrogens with zero attached hydrogens (tertiary/aromatic N) is 2. The molecule has 1 aromatic carbocycles. The molecule has 0 bridgehead atoms. The lowest BCUT2D eigenvalue weighted by Crippen LogP contribution is -2.29. The highest BCUT2D eigenvalue weighted by Crippen LogP contribution is 2.34. The Morgan fingerprint density at radius 2 is 2.19 bits per heavy atom. The van der Waals surface area contributed by atoms with E-state index < -0.39 is 0 Å². The minimum atomic E-state index is -0.0329. The molecule has 0 aliphatic rings. The van der Waals surface area contributed by atoms with Crippen LogP contribution in [0.2, 0.25) is 5.02 Å². The number of para-hydroxylation sites is 1. The van der Waals surface area contributed by atoms with Gasteiger partial charge in [-0.05, 0) is 23.9 Å². The maximum Gasteiger partial charge on any atom is 0.0723 e. The maximum atomic E-state index is 6.36. The Bertz CT molecular complexity index is 777. The van der Waals surface area contributed by atoms with E-state index >= 15 is 0 Å². The molecule has 2 aromatic heterocycles. The van der Waals surface area contributed by atoms with Gasteiger partial charge < -0.3 is 0 Å². The minimum Gasteiger partial charge on any atom is -0.271 e. The fraction of sp³-hybridized carbons (Fsp3) is 0.267. The van der Waals surface area contributed by atoms with Gasteiger partial charge in [-0.15, -0.1) is 11.3 Å². The zero-order valence-electron chi connectivity index (χ0n) is 11.9. The number of hydrogen-bond donors (Lipinski definition) is 2. The van der Waals surface area contributed by atoms with Crippen molar-refractivity contribution in [2.75, 3.05) is 0 Å². The monoisotopic (exact) mass is 320 g/mol. The van der Waals surface area contributed by atoms with Crippen LogP contribution >= 0.6 is 22.9 Å². The molecule has 0 aliphatic heterocycles. The van der Waals surface area contributed by atoms with Gasteiger partial charge in [-0.1, -0.05) is 29.8 Å². The summed E-state index contributed by atoms with van der Waals surface area (Å²) in [5.41, 5.74) is 6.11. The van der Waals surface area contributed by atoms with Crippen LogP contribution in [-0.2, 0) is 13.5 Å². The molecular formula is C15H17ClN4S. The van der Waals surface area contributed by atoms with Gasteiger partial charge in [0.25, 0.3) is 0 Å². The maximum absolute atomic E-state index is 6.36. The Balaban J connectivity index is 1.98. The second-order valence-electron chi connectivity index (χ2n) is 5.11. The quantitative estimate of drug-likeness (QED) is 0.572. The summed E-state index contributed by atoms with van der Waals surface area (Å²) < 4.78 is 1.90. The molecule has 21 heavy (non-hydrogen) atoms. The van der Waals surface area contributed by atoms with Crippen LogP contribution in [0.1, 0.15) is 22.2 Å². The molecule has 3 N–H and O–H groups in total. The predicted octanol–water partition coefficient (Wildman–Crippen LogP) is 3.34.